The Morgan fingerprint density at radius 1 is 1.00 bits per heavy atom. The molecule has 0 heterocycles. The van der Waals surface area contributed by atoms with Gasteiger partial charge in [0, 0.05) is 11.3 Å². The van der Waals surface area contributed by atoms with Gasteiger partial charge in [0.1, 0.15) is 5.75 Å². The third-order valence-electron chi connectivity index (χ3n) is 14.2. The summed E-state index contributed by atoms with van der Waals surface area (Å²) in [7, 11) is 0. The molecule has 1 aromatic rings. The molecular weight excluding hydrogens is 548 g/mol. The minimum Gasteiger partial charge on any atom is -0.494 e. The lowest BCUT2D eigenvalue weighted by molar-refractivity contribution is -0.183. The lowest BCUT2D eigenvalue weighted by atomic mass is 9.33. The molecule has 238 valence electrons. The number of carboxylic acid groups (broad SMARTS) is 1. The maximum absolute atomic E-state index is 14.7. The summed E-state index contributed by atoms with van der Waals surface area (Å²) in [4.78, 5) is 41.3. The number of hydrogen-bond acceptors (Lipinski definition) is 4. The Kier molecular flexibility index (Phi) is 7.04. The number of carbonyl (C=O) groups excluding carboxylic acids is 2. The summed E-state index contributed by atoms with van der Waals surface area (Å²) in [6, 6.07) is 7.92. The van der Waals surface area contributed by atoms with Gasteiger partial charge < -0.3 is 9.84 Å². The fourth-order valence-electron chi connectivity index (χ4n) is 11.4. The highest BCUT2D eigenvalue weighted by atomic mass is 16.5. The first kappa shape index (κ1) is 31.3. The number of allylic oxidation sites excluding steroid dienone is 3. The van der Waals surface area contributed by atoms with Crippen LogP contribution in [0.15, 0.2) is 41.5 Å². The number of rotatable bonds is 4. The maximum atomic E-state index is 14.7. The van der Waals surface area contributed by atoms with Gasteiger partial charge in [-0.1, -0.05) is 59.2 Å². The number of hydrogen-bond donors (Lipinski definition) is 1. The maximum Gasteiger partial charge on any atom is 0.309 e. The average molecular weight is 601 g/mol. The van der Waals surface area contributed by atoms with Gasteiger partial charge in [0.25, 0.3) is 0 Å². The number of carboxylic acids is 1. The van der Waals surface area contributed by atoms with Gasteiger partial charge in [-0.05, 0) is 134 Å². The summed E-state index contributed by atoms with van der Waals surface area (Å²) in [5.74, 6) is 0.465. The van der Waals surface area contributed by atoms with E-state index in [-0.39, 0.29) is 51.0 Å². The Bertz CT molecular complexity index is 1480. The number of Topliss-reactive ketones (excluding diaryl/α,β-unsaturated/α-hetero) is 1. The molecule has 0 aromatic heterocycles. The molecular formula is C39H52O5. The highest BCUT2D eigenvalue weighted by Crippen LogP contribution is 2.75. The van der Waals surface area contributed by atoms with E-state index in [1.807, 2.05) is 50.3 Å². The van der Waals surface area contributed by atoms with Crippen molar-refractivity contribution in [3.63, 3.8) is 0 Å². The van der Waals surface area contributed by atoms with Crippen molar-refractivity contribution in [1.29, 1.82) is 0 Å². The first-order valence-electron chi connectivity index (χ1n) is 16.9. The Labute approximate surface area is 263 Å². The van der Waals surface area contributed by atoms with Crippen molar-refractivity contribution in [3.8, 4) is 5.75 Å². The van der Waals surface area contributed by atoms with Crippen LogP contribution in [0.2, 0.25) is 0 Å². The van der Waals surface area contributed by atoms with E-state index in [0.717, 1.165) is 49.0 Å². The van der Waals surface area contributed by atoms with Gasteiger partial charge in [-0.2, -0.15) is 0 Å². The molecule has 44 heavy (non-hydrogen) atoms. The molecule has 5 heteroatoms. The quantitative estimate of drug-likeness (QED) is 0.350. The molecule has 1 N–H and O–H groups in total. The van der Waals surface area contributed by atoms with E-state index < -0.39 is 16.8 Å². The molecule has 5 nitrogen and oxygen atoms in total. The second kappa shape index (κ2) is 9.90. The van der Waals surface area contributed by atoms with Crippen molar-refractivity contribution in [2.24, 2.45) is 50.2 Å². The van der Waals surface area contributed by atoms with E-state index in [4.69, 9.17) is 4.74 Å². The van der Waals surface area contributed by atoms with E-state index in [9.17, 15) is 19.5 Å². The average Bonchev–Trinajstić information content (AvgIpc) is 2.94. The van der Waals surface area contributed by atoms with Crippen molar-refractivity contribution in [3.05, 3.63) is 47.1 Å². The highest BCUT2D eigenvalue weighted by molar-refractivity contribution is 6.05. The fraction of sp³-hybridized carbons (Fsp3) is 0.667. The molecule has 0 spiro atoms. The lowest BCUT2D eigenvalue weighted by Crippen LogP contribution is -2.66. The number of fused-ring (bicyclic) bond motifs is 7. The van der Waals surface area contributed by atoms with Gasteiger partial charge in [-0.15, -0.1) is 0 Å². The van der Waals surface area contributed by atoms with Gasteiger partial charge in [-0.3, -0.25) is 14.4 Å². The van der Waals surface area contributed by atoms with Crippen LogP contribution in [0.3, 0.4) is 0 Å². The molecule has 0 unspecified atom stereocenters. The predicted octanol–water partition coefficient (Wildman–Crippen LogP) is 8.71. The first-order chi connectivity index (χ1) is 20.4. The van der Waals surface area contributed by atoms with E-state index in [2.05, 4.69) is 41.5 Å². The molecule has 5 aliphatic rings. The third-order valence-corrected chi connectivity index (χ3v) is 14.2. The molecule has 6 rings (SSSR count). The molecule has 0 saturated heterocycles. The molecule has 1 aromatic carbocycles. The van der Waals surface area contributed by atoms with Crippen LogP contribution in [0.4, 0.5) is 0 Å². The molecule has 4 fully saturated rings. The predicted molar refractivity (Wildman–Crippen MR) is 173 cm³/mol. The van der Waals surface area contributed by atoms with Crippen LogP contribution in [-0.4, -0.2) is 29.2 Å². The molecule has 0 radical (unpaired) electrons. The van der Waals surface area contributed by atoms with E-state index in [1.54, 1.807) is 0 Å². The highest BCUT2D eigenvalue weighted by Gasteiger charge is 2.70. The summed E-state index contributed by atoms with van der Waals surface area (Å²) in [5.41, 5.74) is 0.816. The van der Waals surface area contributed by atoms with Crippen LogP contribution in [0.5, 0.6) is 5.75 Å². The number of ketones is 2. The van der Waals surface area contributed by atoms with Crippen LogP contribution < -0.4 is 4.74 Å². The van der Waals surface area contributed by atoms with Crippen LogP contribution in [0, 0.1) is 50.2 Å². The first-order valence-corrected chi connectivity index (χ1v) is 16.9. The number of carbonyl (C=O) groups is 3. The Morgan fingerprint density at radius 3 is 2.39 bits per heavy atom. The largest absolute Gasteiger partial charge is 0.494 e. The van der Waals surface area contributed by atoms with Gasteiger partial charge in [-0.25, -0.2) is 0 Å². The van der Waals surface area contributed by atoms with Crippen molar-refractivity contribution in [2.75, 3.05) is 6.61 Å². The molecule has 8 atom stereocenters. The fourth-order valence-corrected chi connectivity index (χ4v) is 11.4. The van der Waals surface area contributed by atoms with Crippen LogP contribution in [0.1, 0.15) is 112 Å². The van der Waals surface area contributed by atoms with Gasteiger partial charge in [0.2, 0.25) is 0 Å². The zero-order valence-electron chi connectivity index (χ0n) is 28.1. The van der Waals surface area contributed by atoms with Crippen molar-refractivity contribution in [2.45, 2.75) is 107 Å². The van der Waals surface area contributed by atoms with Gasteiger partial charge >= 0.3 is 5.97 Å². The Morgan fingerprint density at radius 2 is 1.70 bits per heavy atom. The van der Waals surface area contributed by atoms with Crippen LogP contribution in [-0.2, 0) is 14.4 Å². The standard InChI is InChI=1S/C39H52O5/c1-9-44-26-12-10-11-24(20-26)19-25-22-37(6)30(34(2,3)32(25)41)13-14-39(8)31(37)29(40)21-27-28-23-36(5,33(42)43)16-15-35(28,4)17-18-38(27,39)7/h10-12,19-21,28,30-31H,9,13-18,22-23H2,1-8H3,(H,42,43)/b25-19+/t28-,30-,31+,35+,36-,37-,38+,39+/m0/s1. The van der Waals surface area contributed by atoms with Crippen molar-refractivity contribution in [1.82, 2.24) is 0 Å². The van der Waals surface area contributed by atoms with Gasteiger partial charge in [0.15, 0.2) is 11.6 Å². The monoisotopic (exact) mass is 600 g/mol. The van der Waals surface area contributed by atoms with Crippen molar-refractivity contribution >= 4 is 23.6 Å². The second-order valence-electron chi connectivity index (χ2n) is 17.0. The third kappa shape index (κ3) is 4.19. The van der Waals surface area contributed by atoms with Crippen LogP contribution in [0.25, 0.3) is 6.08 Å². The van der Waals surface area contributed by atoms with Gasteiger partial charge in [0.05, 0.1) is 12.0 Å². The topological polar surface area (TPSA) is 80.7 Å². The number of ether oxygens (including phenoxy) is 1. The second-order valence-corrected chi connectivity index (χ2v) is 17.0. The normalized spacial score (nSPS) is 43.7. The van der Waals surface area contributed by atoms with Crippen molar-refractivity contribution < 1.29 is 24.2 Å². The Hall–Kier alpha value is -2.69. The smallest absolute Gasteiger partial charge is 0.309 e. The molecule has 0 aliphatic heterocycles. The summed E-state index contributed by atoms with van der Waals surface area (Å²) in [6.07, 6.45) is 10.7. The summed E-state index contributed by atoms with van der Waals surface area (Å²) >= 11 is 0. The summed E-state index contributed by atoms with van der Waals surface area (Å²) in [6.45, 7) is 18.0. The molecule has 4 saturated carbocycles. The number of aliphatic carboxylic acids is 1. The minimum absolute atomic E-state index is 0.0239. The van der Waals surface area contributed by atoms with E-state index in [1.165, 1.54) is 5.57 Å². The summed E-state index contributed by atoms with van der Waals surface area (Å²) in [5, 5.41) is 10.2. The SMILES string of the molecule is CCOc1cccc(/C=C2\C[C@]3(C)[C@H]4C(=O)C=C5[C@@H]6C[C@@](C)(C(=O)O)CC[C@]6(C)CC[C@@]5(C)[C@]4(C)CC[C@H]3C(C)(C)C2=O)c1. The van der Waals surface area contributed by atoms with E-state index in [0.29, 0.717) is 25.9 Å². The van der Waals surface area contributed by atoms with Crippen LogP contribution >= 0.6 is 0 Å². The zero-order valence-corrected chi connectivity index (χ0v) is 28.1. The number of benzene rings is 1. The Balaban J connectivity index is 1.45. The zero-order chi connectivity index (χ0) is 32.1. The molecule has 0 bridgehead atoms. The molecule has 5 aliphatic carbocycles. The van der Waals surface area contributed by atoms with E-state index >= 15 is 0 Å². The minimum atomic E-state index is -0.763. The lowest BCUT2D eigenvalue weighted by Gasteiger charge is -2.70. The summed E-state index contributed by atoms with van der Waals surface area (Å²) < 4.78 is 5.74. The molecule has 0 amide bonds.